The van der Waals surface area contributed by atoms with Crippen LogP contribution in [0.4, 0.5) is 5.69 Å². The van der Waals surface area contributed by atoms with Crippen LogP contribution in [0.2, 0.25) is 0 Å². The van der Waals surface area contributed by atoms with Crippen LogP contribution in [-0.4, -0.2) is 18.1 Å². The molecule has 0 spiro atoms. The Morgan fingerprint density at radius 1 is 1.25 bits per heavy atom. The summed E-state index contributed by atoms with van der Waals surface area (Å²) < 4.78 is 5.57. The first-order valence-electron chi connectivity index (χ1n) is 7.85. The second-order valence-corrected chi connectivity index (χ2v) is 5.98. The van der Waals surface area contributed by atoms with Crippen molar-refractivity contribution in [1.82, 2.24) is 4.98 Å². The summed E-state index contributed by atoms with van der Waals surface area (Å²) in [5, 5.41) is 9.93. The summed E-state index contributed by atoms with van der Waals surface area (Å²) in [6.07, 6.45) is 4.25. The van der Waals surface area contributed by atoms with Gasteiger partial charge < -0.3 is 9.32 Å². The molecule has 1 fully saturated rings. The van der Waals surface area contributed by atoms with E-state index in [-0.39, 0.29) is 0 Å². The molecule has 24 heavy (non-hydrogen) atoms. The van der Waals surface area contributed by atoms with E-state index in [1.165, 1.54) is 12.6 Å². The summed E-state index contributed by atoms with van der Waals surface area (Å²) >= 11 is 0. The van der Waals surface area contributed by atoms with Gasteiger partial charge in [0.25, 0.3) is 0 Å². The zero-order valence-corrected chi connectivity index (χ0v) is 13.2. The number of pyridine rings is 1. The minimum atomic E-state index is -0.405. The molecule has 0 unspecified atom stereocenters. The maximum atomic E-state index is 12.5. The van der Waals surface area contributed by atoms with Crippen LogP contribution in [0.25, 0.3) is 22.1 Å². The van der Waals surface area contributed by atoms with Gasteiger partial charge in [-0.2, -0.15) is 5.26 Å². The van der Waals surface area contributed by atoms with Gasteiger partial charge in [0.15, 0.2) is 0 Å². The molecule has 3 aromatic rings. The van der Waals surface area contributed by atoms with Crippen LogP contribution in [0.15, 0.2) is 45.9 Å². The van der Waals surface area contributed by atoms with Gasteiger partial charge in [-0.15, -0.1) is 0 Å². The van der Waals surface area contributed by atoms with Crippen molar-refractivity contribution in [2.45, 2.75) is 13.3 Å². The maximum absolute atomic E-state index is 12.5. The number of aromatic nitrogens is 1. The summed E-state index contributed by atoms with van der Waals surface area (Å²) in [6.45, 7) is 3.98. The Hall–Kier alpha value is -3.13. The molecule has 118 valence electrons. The lowest BCUT2D eigenvalue weighted by molar-refractivity contribution is 0.561. The fourth-order valence-electron chi connectivity index (χ4n) is 3.09. The van der Waals surface area contributed by atoms with E-state index in [9.17, 15) is 4.79 Å². The number of hydrogen-bond donors (Lipinski definition) is 0. The molecule has 1 aromatic carbocycles. The lowest BCUT2D eigenvalue weighted by Crippen LogP contribution is -2.36. The zero-order valence-electron chi connectivity index (χ0n) is 13.2. The Morgan fingerprint density at radius 2 is 2.08 bits per heavy atom. The van der Waals surface area contributed by atoms with Crippen molar-refractivity contribution in [2.24, 2.45) is 0 Å². The molecular weight excluding hydrogens is 302 g/mol. The van der Waals surface area contributed by atoms with Gasteiger partial charge in [0.1, 0.15) is 11.7 Å². The molecule has 0 saturated carbocycles. The molecular formula is C19H15N3O2. The number of fused-ring (bicyclic) bond motifs is 1. The van der Waals surface area contributed by atoms with Gasteiger partial charge in [0, 0.05) is 48.2 Å². The molecule has 5 nitrogen and oxygen atoms in total. The molecule has 1 aliphatic heterocycles. The third-order valence-corrected chi connectivity index (χ3v) is 4.53. The molecule has 1 aliphatic rings. The highest BCUT2D eigenvalue weighted by atomic mass is 16.4. The van der Waals surface area contributed by atoms with Gasteiger partial charge in [-0.25, -0.2) is 4.79 Å². The topological polar surface area (TPSA) is 70.1 Å². The van der Waals surface area contributed by atoms with Gasteiger partial charge in [0.05, 0.1) is 11.1 Å². The predicted octanol–water partition coefficient (Wildman–Crippen LogP) is 3.25. The van der Waals surface area contributed by atoms with Gasteiger partial charge in [0.2, 0.25) is 0 Å². The summed E-state index contributed by atoms with van der Waals surface area (Å²) in [5.74, 6) is 0. The fraction of sp³-hybridized carbons (Fsp3) is 0.211. The highest BCUT2D eigenvalue weighted by Gasteiger charge is 2.18. The Balaban J connectivity index is 1.91. The molecule has 0 radical (unpaired) electrons. The first-order valence-corrected chi connectivity index (χ1v) is 7.85. The smallest absolute Gasteiger partial charge is 0.344 e. The highest BCUT2D eigenvalue weighted by Crippen LogP contribution is 2.30. The van der Waals surface area contributed by atoms with Gasteiger partial charge >= 0.3 is 5.63 Å². The standard InChI is InChI=1S/C19H15N3O2/c1-12-16-4-3-15(22-5-2-6-22)8-17(16)24-19(23)18(12)14-7-13(9-20)10-21-11-14/h3-4,7-8,10-11H,2,5-6H2,1H3. The van der Waals surface area contributed by atoms with E-state index >= 15 is 0 Å². The average Bonchev–Trinajstić information content (AvgIpc) is 2.53. The first-order chi connectivity index (χ1) is 11.7. The molecule has 4 rings (SSSR count). The predicted molar refractivity (Wildman–Crippen MR) is 92.0 cm³/mol. The fourth-order valence-corrected chi connectivity index (χ4v) is 3.09. The van der Waals surface area contributed by atoms with Crippen molar-refractivity contribution in [3.8, 4) is 17.2 Å². The van der Waals surface area contributed by atoms with Crippen molar-refractivity contribution >= 4 is 16.7 Å². The SMILES string of the molecule is Cc1c(-c2cncc(C#N)c2)c(=O)oc2cc(N3CCC3)ccc12. The second kappa shape index (κ2) is 5.50. The van der Waals surface area contributed by atoms with Crippen LogP contribution in [-0.2, 0) is 0 Å². The van der Waals surface area contributed by atoms with E-state index in [1.54, 1.807) is 12.3 Å². The Labute approximate surface area is 138 Å². The second-order valence-electron chi connectivity index (χ2n) is 5.98. The Morgan fingerprint density at radius 3 is 2.79 bits per heavy atom. The third kappa shape index (κ3) is 2.24. The molecule has 5 heteroatoms. The van der Waals surface area contributed by atoms with E-state index in [1.807, 2.05) is 25.1 Å². The van der Waals surface area contributed by atoms with Gasteiger partial charge in [-0.1, -0.05) is 0 Å². The van der Waals surface area contributed by atoms with E-state index in [0.29, 0.717) is 22.3 Å². The molecule has 0 atom stereocenters. The summed E-state index contributed by atoms with van der Waals surface area (Å²) in [5.41, 5.74) is 3.59. The summed E-state index contributed by atoms with van der Waals surface area (Å²) in [4.78, 5) is 18.8. The Bertz CT molecular complexity index is 1040. The van der Waals surface area contributed by atoms with Crippen molar-refractivity contribution < 1.29 is 4.42 Å². The average molecular weight is 317 g/mol. The largest absolute Gasteiger partial charge is 0.422 e. The van der Waals surface area contributed by atoms with Crippen molar-refractivity contribution in [3.05, 3.63) is 58.2 Å². The molecule has 0 N–H and O–H groups in total. The summed E-state index contributed by atoms with van der Waals surface area (Å²) in [7, 11) is 0. The molecule has 2 aromatic heterocycles. The lowest BCUT2D eigenvalue weighted by Gasteiger charge is -2.33. The monoisotopic (exact) mass is 317 g/mol. The summed E-state index contributed by atoms with van der Waals surface area (Å²) in [6, 6.07) is 9.68. The van der Waals surface area contributed by atoms with Crippen molar-refractivity contribution in [1.29, 1.82) is 5.26 Å². The molecule has 3 heterocycles. The van der Waals surface area contributed by atoms with E-state index in [2.05, 4.69) is 16.0 Å². The lowest BCUT2D eigenvalue weighted by atomic mass is 9.99. The number of benzene rings is 1. The number of aryl methyl sites for hydroxylation is 1. The quantitative estimate of drug-likeness (QED) is 0.679. The maximum Gasteiger partial charge on any atom is 0.344 e. The first kappa shape index (κ1) is 14.5. The number of nitrogens with zero attached hydrogens (tertiary/aromatic N) is 3. The molecule has 0 bridgehead atoms. The number of anilines is 1. The van der Waals surface area contributed by atoms with E-state index in [0.717, 1.165) is 29.7 Å². The minimum absolute atomic E-state index is 0.405. The van der Waals surface area contributed by atoms with Crippen LogP contribution in [0.3, 0.4) is 0 Å². The third-order valence-electron chi connectivity index (χ3n) is 4.53. The Kier molecular flexibility index (Phi) is 3.31. The molecule has 0 aliphatic carbocycles. The van der Waals surface area contributed by atoms with Gasteiger partial charge in [-0.05, 0) is 37.1 Å². The highest BCUT2D eigenvalue weighted by molar-refractivity contribution is 5.88. The zero-order chi connectivity index (χ0) is 16.7. The van der Waals surface area contributed by atoms with Crippen LogP contribution in [0, 0.1) is 18.3 Å². The van der Waals surface area contributed by atoms with Crippen molar-refractivity contribution in [2.75, 3.05) is 18.0 Å². The van der Waals surface area contributed by atoms with Crippen LogP contribution in [0.5, 0.6) is 0 Å². The van der Waals surface area contributed by atoms with Crippen LogP contribution < -0.4 is 10.5 Å². The molecule has 0 amide bonds. The normalized spacial score (nSPS) is 13.6. The van der Waals surface area contributed by atoms with Gasteiger partial charge in [-0.3, -0.25) is 4.98 Å². The number of nitriles is 1. The molecule has 1 saturated heterocycles. The number of hydrogen-bond acceptors (Lipinski definition) is 5. The van der Waals surface area contributed by atoms with Crippen LogP contribution >= 0.6 is 0 Å². The minimum Gasteiger partial charge on any atom is -0.422 e. The number of rotatable bonds is 2. The van der Waals surface area contributed by atoms with Crippen molar-refractivity contribution in [3.63, 3.8) is 0 Å². The van der Waals surface area contributed by atoms with Crippen LogP contribution in [0.1, 0.15) is 17.5 Å². The van der Waals surface area contributed by atoms with E-state index in [4.69, 9.17) is 9.68 Å². The van der Waals surface area contributed by atoms with E-state index < -0.39 is 5.63 Å².